The van der Waals surface area contributed by atoms with Crippen molar-refractivity contribution in [3.63, 3.8) is 0 Å². The van der Waals surface area contributed by atoms with Gasteiger partial charge in [0, 0.05) is 19.6 Å². The van der Waals surface area contributed by atoms with Crippen LogP contribution in [0.5, 0.6) is 0 Å². The molecule has 0 saturated carbocycles. The average Bonchev–Trinajstić information content (AvgIpc) is 2.58. The predicted molar refractivity (Wildman–Crippen MR) is 84.5 cm³/mol. The molecule has 0 atom stereocenters. The van der Waals surface area contributed by atoms with Gasteiger partial charge in [0.2, 0.25) is 5.95 Å². The van der Waals surface area contributed by atoms with Gasteiger partial charge in [-0.05, 0) is 43.4 Å². The first-order valence-corrected chi connectivity index (χ1v) is 7.74. The largest absolute Gasteiger partial charge is 0.355 e. The Labute approximate surface area is 129 Å². The molecule has 0 bridgehead atoms. The molecule has 3 rings (SSSR count). The van der Waals surface area contributed by atoms with Crippen LogP contribution in [0.15, 0.2) is 30.5 Å². The summed E-state index contributed by atoms with van der Waals surface area (Å²) in [4.78, 5) is 6.78. The molecule has 1 aromatic carbocycles. The fourth-order valence-electron chi connectivity index (χ4n) is 2.61. The van der Waals surface area contributed by atoms with Crippen LogP contribution in [0.2, 0.25) is 0 Å². The third kappa shape index (κ3) is 3.90. The maximum Gasteiger partial charge on any atom is 0.244 e. The minimum Gasteiger partial charge on any atom is -0.355 e. The van der Waals surface area contributed by atoms with Crippen LogP contribution in [0.3, 0.4) is 0 Å². The zero-order valence-corrected chi connectivity index (χ0v) is 12.5. The van der Waals surface area contributed by atoms with Gasteiger partial charge in [0.25, 0.3) is 0 Å². The van der Waals surface area contributed by atoms with Gasteiger partial charge in [-0.2, -0.15) is 10.1 Å². The first kappa shape index (κ1) is 14.7. The summed E-state index contributed by atoms with van der Waals surface area (Å²) in [5.41, 5.74) is 1.08. The first-order chi connectivity index (χ1) is 10.8. The van der Waals surface area contributed by atoms with Gasteiger partial charge < -0.3 is 10.2 Å². The monoisotopic (exact) mass is 301 g/mol. The molecule has 5 nitrogen and oxygen atoms in total. The molecule has 2 aromatic rings. The van der Waals surface area contributed by atoms with E-state index in [2.05, 4.69) is 25.4 Å². The number of aromatic nitrogens is 3. The lowest BCUT2D eigenvalue weighted by atomic mass is 10.1. The highest BCUT2D eigenvalue weighted by Crippen LogP contribution is 2.17. The van der Waals surface area contributed by atoms with E-state index in [-0.39, 0.29) is 5.82 Å². The summed E-state index contributed by atoms with van der Waals surface area (Å²) in [7, 11) is 0. The van der Waals surface area contributed by atoms with E-state index in [0.717, 1.165) is 30.9 Å². The van der Waals surface area contributed by atoms with E-state index in [1.807, 2.05) is 0 Å². The van der Waals surface area contributed by atoms with Gasteiger partial charge in [-0.1, -0.05) is 12.1 Å². The number of piperidine rings is 1. The Morgan fingerprint density at radius 2 is 1.86 bits per heavy atom. The van der Waals surface area contributed by atoms with Gasteiger partial charge in [0.05, 0.1) is 6.20 Å². The van der Waals surface area contributed by atoms with Gasteiger partial charge in [-0.3, -0.25) is 0 Å². The van der Waals surface area contributed by atoms with Crippen molar-refractivity contribution in [1.82, 2.24) is 15.2 Å². The lowest BCUT2D eigenvalue weighted by Crippen LogP contribution is -2.30. The summed E-state index contributed by atoms with van der Waals surface area (Å²) in [6.07, 6.45) is 6.21. The van der Waals surface area contributed by atoms with Crippen molar-refractivity contribution in [2.75, 3.05) is 29.9 Å². The Balaban J connectivity index is 1.55. The highest BCUT2D eigenvalue weighted by molar-refractivity contribution is 5.40. The molecular weight excluding hydrogens is 281 g/mol. The SMILES string of the molecule is Fc1ccc(CCNc2nncc(N3CCCCC3)n2)cc1. The summed E-state index contributed by atoms with van der Waals surface area (Å²) in [5, 5.41) is 11.2. The molecular formula is C16H20FN5. The van der Waals surface area contributed by atoms with Crippen molar-refractivity contribution in [1.29, 1.82) is 0 Å². The quantitative estimate of drug-likeness (QED) is 0.920. The maximum atomic E-state index is 12.8. The van der Waals surface area contributed by atoms with Gasteiger partial charge >= 0.3 is 0 Å². The third-order valence-corrected chi connectivity index (χ3v) is 3.84. The van der Waals surface area contributed by atoms with Gasteiger partial charge in [0.1, 0.15) is 5.82 Å². The molecule has 116 valence electrons. The van der Waals surface area contributed by atoms with Gasteiger partial charge in [0.15, 0.2) is 5.82 Å². The van der Waals surface area contributed by atoms with Crippen LogP contribution in [-0.4, -0.2) is 34.8 Å². The third-order valence-electron chi connectivity index (χ3n) is 3.84. The van der Waals surface area contributed by atoms with Crippen molar-refractivity contribution in [2.24, 2.45) is 0 Å². The Hall–Kier alpha value is -2.24. The van der Waals surface area contributed by atoms with Crippen LogP contribution in [-0.2, 0) is 6.42 Å². The average molecular weight is 301 g/mol. The molecule has 0 spiro atoms. The number of hydrogen-bond acceptors (Lipinski definition) is 5. The highest BCUT2D eigenvalue weighted by Gasteiger charge is 2.13. The van der Waals surface area contributed by atoms with E-state index < -0.39 is 0 Å². The molecule has 0 aliphatic carbocycles. The number of nitrogens with zero attached hydrogens (tertiary/aromatic N) is 4. The molecule has 1 aromatic heterocycles. The summed E-state index contributed by atoms with van der Waals surface area (Å²) >= 11 is 0. The topological polar surface area (TPSA) is 53.9 Å². The van der Waals surface area contributed by atoms with Crippen LogP contribution in [0.4, 0.5) is 16.2 Å². The lowest BCUT2D eigenvalue weighted by Gasteiger charge is -2.27. The lowest BCUT2D eigenvalue weighted by molar-refractivity contribution is 0.572. The smallest absolute Gasteiger partial charge is 0.244 e. The summed E-state index contributed by atoms with van der Waals surface area (Å²) in [6, 6.07) is 6.54. The minimum absolute atomic E-state index is 0.210. The van der Waals surface area contributed by atoms with E-state index in [1.54, 1.807) is 18.3 Å². The molecule has 1 N–H and O–H groups in total. The fraction of sp³-hybridized carbons (Fsp3) is 0.438. The van der Waals surface area contributed by atoms with Crippen molar-refractivity contribution < 1.29 is 4.39 Å². The molecule has 1 fully saturated rings. The van der Waals surface area contributed by atoms with Crippen molar-refractivity contribution in [3.8, 4) is 0 Å². The molecule has 1 aliphatic heterocycles. The Morgan fingerprint density at radius 1 is 1.09 bits per heavy atom. The standard InChI is InChI=1S/C16H20FN5/c17-14-6-4-13(5-7-14)8-9-18-16-20-15(12-19-21-16)22-10-2-1-3-11-22/h4-7,12H,1-3,8-11H2,(H,18,20,21). The van der Waals surface area contributed by atoms with E-state index in [4.69, 9.17) is 0 Å². The summed E-state index contributed by atoms with van der Waals surface area (Å²) < 4.78 is 12.8. The first-order valence-electron chi connectivity index (χ1n) is 7.74. The Bertz CT molecular complexity index is 596. The number of benzene rings is 1. The van der Waals surface area contributed by atoms with Gasteiger partial charge in [-0.25, -0.2) is 4.39 Å². The number of rotatable bonds is 5. The fourth-order valence-corrected chi connectivity index (χ4v) is 2.61. The van der Waals surface area contributed by atoms with E-state index in [0.29, 0.717) is 12.5 Å². The second kappa shape index (κ2) is 7.15. The molecule has 0 amide bonds. The second-order valence-corrected chi connectivity index (χ2v) is 5.49. The molecule has 0 radical (unpaired) electrons. The number of anilines is 2. The van der Waals surface area contributed by atoms with Crippen molar-refractivity contribution in [2.45, 2.75) is 25.7 Å². The van der Waals surface area contributed by atoms with Crippen LogP contribution in [0, 0.1) is 5.82 Å². The molecule has 1 aliphatic rings. The molecule has 22 heavy (non-hydrogen) atoms. The predicted octanol–water partition coefficient (Wildman–Crippen LogP) is 2.66. The molecule has 6 heteroatoms. The van der Waals surface area contributed by atoms with E-state index in [1.165, 1.54) is 31.4 Å². The zero-order chi connectivity index (χ0) is 15.2. The van der Waals surface area contributed by atoms with Crippen molar-refractivity contribution >= 4 is 11.8 Å². The van der Waals surface area contributed by atoms with Crippen LogP contribution in [0.1, 0.15) is 24.8 Å². The van der Waals surface area contributed by atoms with Crippen LogP contribution in [0.25, 0.3) is 0 Å². The highest BCUT2D eigenvalue weighted by atomic mass is 19.1. The number of hydrogen-bond donors (Lipinski definition) is 1. The Morgan fingerprint density at radius 3 is 2.64 bits per heavy atom. The van der Waals surface area contributed by atoms with Crippen LogP contribution >= 0.6 is 0 Å². The minimum atomic E-state index is -0.210. The number of halogens is 1. The molecule has 0 unspecified atom stereocenters. The van der Waals surface area contributed by atoms with Gasteiger partial charge in [-0.15, -0.1) is 5.10 Å². The van der Waals surface area contributed by atoms with E-state index >= 15 is 0 Å². The zero-order valence-electron chi connectivity index (χ0n) is 12.5. The second-order valence-electron chi connectivity index (χ2n) is 5.49. The molecule has 1 saturated heterocycles. The normalized spacial score (nSPS) is 14.9. The Kier molecular flexibility index (Phi) is 4.78. The maximum absolute atomic E-state index is 12.8. The van der Waals surface area contributed by atoms with E-state index in [9.17, 15) is 4.39 Å². The summed E-state index contributed by atoms with van der Waals surface area (Å²) in [6.45, 7) is 2.76. The van der Waals surface area contributed by atoms with Crippen molar-refractivity contribution in [3.05, 3.63) is 41.8 Å². The molecule has 2 heterocycles. The van der Waals surface area contributed by atoms with Crippen LogP contribution < -0.4 is 10.2 Å². The number of nitrogens with one attached hydrogen (secondary N) is 1. The summed E-state index contributed by atoms with van der Waals surface area (Å²) in [5.74, 6) is 1.22.